The quantitative estimate of drug-likeness (QED) is 0.666. The molecule has 1 atom stereocenters. The lowest BCUT2D eigenvalue weighted by atomic mass is 10.2. The molecule has 0 spiro atoms. The van der Waals surface area contributed by atoms with E-state index in [1.807, 2.05) is 0 Å². The number of anilines is 1. The minimum atomic E-state index is -1.11. The summed E-state index contributed by atoms with van der Waals surface area (Å²) < 4.78 is 31.7. The Morgan fingerprint density at radius 3 is 2.33 bits per heavy atom. The van der Waals surface area contributed by atoms with Crippen LogP contribution < -0.4 is 5.73 Å². The molecule has 21 heavy (non-hydrogen) atoms. The van der Waals surface area contributed by atoms with E-state index in [1.165, 1.54) is 11.8 Å². The maximum atomic E-state index is 13.6. The lowest BCUT2D eigenvalue weighted by molar-refractivity contribution is -0.139. The molecule has 116 valence electrons. The Kier molecular flexibility index (Phi) is 5.63. The number of hydrogen-bond acceptors (Lipinski definition) is 4. The number of hydrogen-bond donors (Lipinski definition) is 1. The van der Waals surface area contributed by atoms with Crippen LogP contribution in [-0.4, -0.2) is 36.0 Å². The number of carbonyl (C=O) groups excluding carboxylic acids is 2. The van der Waals surface area contributed by atoms with Gasteiger partial charge in [-0.3, -0.25) is 4.79 Å². The van der Waals surface area contributed by atoms with Crippen molar-refractivity contribution in [1.29, 1.82) is 0 Å². The predicted octanol–water partition coefficient (Wildman–Crippen LogP) is 1.96. The zero-order valence-electron chi connectivity index (χ0n) is 12.2. The van der Waals surface area contributed by atoms with Gasteiger partial charge in [-0.2, -0.15) is 0 Å². The fourth-order valence-corrected chi connectivity index (χ4v) is 1.79. The second kappa shape index (κ2) is 7.01. The van der Waals surface area contributed by atoms with Gasteiger partial charge in [0.2, 0.25) is 0 Å². The molecule has 0 aliphatic heterocycles. The van der Waals surface area contributed by atoms with Crippen molar-refractivity contribution in [2.24, 2.45) is 0 Å². The lowest BCUT2D eigenvalue weighted by Crippen LogP contribution is -2.39. The first-order valence-electron chi connectivity index (χ1n) is 6.56. The van der Waals surface area contributed by atoms with E-state index >= 15 is 0 Å². The first kappa shape index (κ1) is 16.9. The molecule has 0 saturated carbocycles. The molecule has 1 unspecified atom stereocenters. The summed E-state index contributed by atoms with van der Waals surface area (Å²) in [7, 11) is 0. The van der Waals surface area contributed by atoms with Crippen LogP contribution in [0, 0.1) is 11.6 Å². The zero-order chi connectivity index (χ0) is 16.2. The molecule has 5 nitrogen and oxygen atoms in total. The first-order chi connectivity index (χ1) is 9.81. The molecule has 1 aromatic rings. The molecule has 0 saturated heterocycles. The minimum absolute atomic E-state index is 0.398. The van der Waals surface area contributed by atoms with E-state index in [2.05, 4.69) is 0 Å². The number of nitrogens with zero attached hydrogens (tertiary/aromatic N) is 1. The molecule has 0 aliphatic carbocycles. The number of likely N-dealkylation sites (N-methyl/N-ethyl adjacent to an activating group) is 1. The number of rotatable bonds is 5. The zero-order valence-corrected chi connectivity index (χ0v) is 12.2. The van der Waals surface area contributed by atoms with Crippen LogP contribution in [-0.2, 0) is 9.53 Å². The lowest BCUT2D eigenvalue weighted by Gasteiger charge is -2.22. The molecule has 0 bridgehead atoms. The summed E-state index contributed by atoms with van der Waals surface area (Å²) in [6.45, 7) is 5.87. The van der Waals surface area contributed by atoms with Crippen molar-refractivity contribution in [3.8, 4) is 0 Å². The Hall–Kier alpha value is -2.18. The number of benzene rings is 1. The topological polar surface area (TPSA) is 72.6 Å². The highest BCUT2D eigenvalue weighted by Crippen LogP contribution is 2.18. The molecule has 1 aromatic carbocycles. The van der Waals surface area contributed by atoms with Crippen molar-refractivity contribution < 1.29 is 23.1 Å². The summed E-state index contributed by atoms with van der Waals surface area (Å²) in [6.07, 6.45) is -1.09. The molecule has 0 aromatic heterocycles. The highest BCUT2D eigenvalue weighted by Gasteiger charge is 2.24. The number of carbonyl (C=O) groups is 2. The highest BCUT2D eigenvalue weighted by molar-refractivity contribution is 5.92. The molecule has 2 N–H and O–H groups in total. The monoisotopic (exact) mass is 300 g/mol. The van der Waals surface area contributed by atoms with Gasteiger partial charge in [0, 0.05) is 19.2 Å². The molecule has 1 rings (SSSR count). The Labute approximate surface area is 121 Å². The maximum absolute atomic E-state index is 13.6. The number of esters is 1. The second-order valence-corrected chi connectivity index (χ2v) is 4.41. The van der Waals surface area contributed by atoms with Gasteiger partial charge in [-0.05, 0) is 26.8 Å². The Morgan fingerprint density at radius 1 is 1.24 bits per heavy atom. The van der Waals surface area contributed by atoms with Crippen LogP contribution >= 0.6 is 0 Å². The van der Waals surface area contributed by atoms with E-state index in [-0.39, 0.29) is 0 Å². The van der Waals surface area contributed by atoms with Crippen LogP contribution in [0.2, 0.25) is 0 Å². The van der Waals surface area contributed by atoms with Gasteiger partial charge >= 0.3 is 5.97 Å². The number of nitrogen functional groups attached to an aromatic ring is 1. The fourth-order valence-electron chi connectivity index (χ4n) is 1.79. The SMILES string of the molecule is CCN(CC)C(=O)C(C)OC(=O)c1cc(F)c(N)cc1F. The molecule has 0 radical (unpaired) electrons. The number of nitrogens with two attached hydrogens (primary N) is 1. The van der Waals surface area contributed by atoms with Gasteiger partial charge in [-0.15, -0.1) is 0 Å². The van der Waals surface area contributed by atoms with Crippen LogP contribution in [0.5, 0.6) is 0 Å². The number of halogens is 2. The summed E-state index contributed by atoms with van der Waals surface area (Å²) in [5.74, 6) is -3.43. The standard InChI is InChI=1S/C14H18F2N2O3/c1-4-18(5-2)13(19)8(3)21-14(20)9-6-11(16)12(17)7-10(9)15/h6-8H,4-5,17H2,1-3H3. The molecular weight excluding hydrogens is 282 g/mol. The number of ether oxygens (including phenoxy) is 1. The normalized spacial score (nSPS) is 11.9. The van der Waals surface area contributed by atoms with Crippen molar-refractivity contribution in [2.75, 3.05) is 18.8 Å². The average Bonchev–Trinajstić information content (AvgIpc) is 2.43. The van der Waals surface area contributed by atoms with Crippen LogP contribution in [0.25, 0.3) is 0 Å². The minimum Gasteiger partial charge on any atom is -0.449 e. The summed E-state index contributed by atoms with van der Waals surface area (Å²) >= 11 is 0. The third-order valence-corrected chi connectivity index (χ3v) is 3.01. The van der Waals surface area contributed by atoms with Crippen molar-refractivity contribution in [2.45, 2.75) is 26.9 Å². The number of amides is 1. The van der Waals surface area contributed by atoms with Crippen molar-refractivity contribution in [3.63, 3.8) is 0 Å². The molecule has 0 aliphatic rings. The van der Waals surface area contributed by atoms with Gasteiger partial charge in [-0.25, -0.2) is 13.6 Å². The van der Waals surface area contributed by atoms with Gasteiger partial charge in [0.05, 0.1) is 11.3 Å². The van der Waals surface area contributed by atoms with Gasteiger partial charge in [0.15, 0.2) is 6.10 Å². The molecule has 0 heterocycles. The van der Waals surface area contributed by atoms with Gasteiger partial charge in [0.25, 0.3) is 5.91 Å². The van der Waals surface area contributed by atoms with Crippen LogP contribution in [0.4, 0.5) is 14.5 Å². The molecule has 1 amide bonds. The van der Waals surface area contributed by atoms with E-state index in [4.69, 9.17) is 10.5 Å². The fraction of sp³-hybridized carbons (Fsp3) is 0.429. The van der Waals surface area contributed by atoms with E-state index < -0.39 is 40.9 Å². The van der Waals surface area contributed by atoms with Crippen LogP contribution in [0.3, 0.4) is 0 Å². The first-order valence-corrected chi connectivity index (χ1v) is 6.56. The Balaban J connectivity index is 2.86. The van der Waals surface area contributed by atoms with Gasteiger partial charge in [-0.1, -0.05) is 0 Å². The second-order valence-electron chi connectivity index (χ2n) is 4.41. The summed E-state index contributed by atoms with van der Waals surface area (Å²) in [6, 6.07) is 1.35. The van der Waals surface area contributed by atoms with E-state index in [0.29, 0.717) is 25.2 Å². The molecule has 7 heteroatoms. The van der Waals surface area contributed by atoms with Gasteiger partial charge < -0.3 is 15.4 Å². The van der Waals surface area contributed by atoms with Crippen molar-refractivity contribution in [1.82, 2.24) is 4.90 Å². The summed E-state index contributed by atoms with van der Waals surface area (Å²) in [4.78, 5) is 25.2. The summed E-state index contributed by atoms with van der Waals surface area (Å²) in [5, 5.41) is 0. The van der Waals surface area contributed by atoms with E-state index in [0.717, 1.165) is 0 Å². The molecular formula is C14H18F2N2O3. The van der Waals surface area contributed by atoms with E-state index in [1.54, 1.807) is 13.8 Å². The third-order valence-electron chi connectivity index (χ3n) is 3.01. The smallest absolute Gasteiger partial charge is 0.342 e. The summed E-state index contributed by atoms with van der Waals surface area (Å²) in [5.41, 5.74) is 4.18. The average molecular weight is 300 g/mol. The predicted molar refractivity (Wildman–Crippen MR) is 73.6 cm³/mol. The van der Waals surface area contributed by atoms with Gasteiger partial charge in [0.1, 0.15) is 11.6 Å². The highest BCUT2D eigenvalue weighted by atomic mass is 19.1. The van der Waals surface area contributed by atoms with Crippen molar-refractivity contribution in [3.05, 3.63) is 29.3 Å². The Morgan fingerprint density at radius 2 is 1.81 bits per heavy atom. The van der Waals surface area contributed by atoms with Crippen molar-refractivity contribution >= 4 is 17.6 Å². The van der Waals surface area contributed by atoms with Crippen LogP contribution in [0.15, 0.2) is 12.1 Å². The maximum Gasteiger partial charge on any atom is 0.342 e. The van der Waals surface area contributed by atoms with Crippen LogP contribution in [0.1, 0.15) is 31.1 Å². The molecule has 0 fully saturated rings. The Bertz CT molecular complexity index is 545. The largest absolute Gasteiger partial charge is 0.449 e. The third kappa shape index (κ3) is 3.90. The van der Waals surface area contributed by atoms with E-state index in [9.17, 15) is 18.4 Å².